The fourth-order valence-corrected chi connectivity index (χ4v) is 4.03. The summed E-state index contributed by atoms with van der Waals surface area (Å²) < 4.78 is 0. The van der Waals surface area contributed by atoms with E-state index in [0.717, 1.165) is 41.6 Å². The van der Waals surface area contributed by atoms with Crippen molar-refractivity contribution in [1.82, 2.24) is 20.1 Å². The highest BCUT2D eigenvalue weighted by Crippen LogP contribution is 2.33. The van der Waals surface area contributed by atoms with Crippen LogP contribution in [0, 0.1) is 5.92 Å². The Balaban J connectivity index is 1.45. The summed E-state index contributed by atoms with van der Waals surface area (Å²) in [6.45, 7) is 3.39. The Bertz CT molecular complexity index is 853. The largest absolute Gasteiger partial charge is 0.361 e. The molecule has 0 aliphatic carbocycles. The van der Waals surface area contributed by atoms with E-state index >= 15 is 0 Å². The summed E-state index contributed by atoms with van der Waals surface area (Å²) >= 11 is 0. The Morgan fingerprint density at radius 2 is 2.00 bits per heavy atom. The van der Waals surface area contributed by atoms with Crippen molar-refractivity contribution in [1.29, 1.82) is 0 Å². The van der Waals surface area contributed by atoms with Crippen molar-refractivity contribution in [2.24, 2.45) is 5.92 Å². The highest BCUT2D eigenvalue weighted by molar-refractivity contribution is 5.94. The molecule has 1 aromatic carbocycles. The summed E-state index contributed by atoms with van der Waals surface area (Å²) in [7, 11) is 2.21. The fraction of sp³-hybridized carbons (Fsp3) is 0.333. The Morgan fingerprint density at radius 1 is 1.04 bits per heavy atom. The van der Waals surface area contributed by atoms with Crippen molar-refractivity contribution in [3.8, 4) is 11.3 Å². The van der Waals surface area contributed by atoms with E-state index in [2.05, 4.69) is 68.4 Å². The number of likely N-dealkylation sites (tertiary alicyclic amines) is 1. The first-order valence-electron chi connectivity index (χ1n) is 8.15. The first-order valence-corrected chi connectivity index (χ1v) is 8.15. The second-order valence-electron chi connectivity index (χ2n) is 6.69. The van der Waals surface area contributed by atoms with Crippen molar-refractivity contribution in [3.63, 3.8) is 0 Å². The highest BCUT2D eigenvalue weighted by Gasteiger charge is 2.43. The van der Waals surface area contributed by atoms with Gasteiger partial charge < -0.3 is 14.8 Å². The van der Waals surface area contributed by atoms with E-state index in [1.54, 1.807) is 0 Å². The number of aromatic nitrogens is 3. The maximum absolute atomic E-state index is 4.50. The third kappa shape index (κ3) is 1.96. The Labute approximate surface area is 134 Å². The van der Waals surface area contributed by atoms with Crippen LogP contribution in [0.15, 0.2) is 42.6 Å². The van der Waals surface area contributed by atoms with Crippen LogP contribution in [-0.2, 0) is 0 Å². The average molecular weight is 305 g/mol. The molecule has 5 rings (SSSR count). The average Bonchev–Trinajstić information content (AvgIpc) is 3.18. The normalized spacial score (nSPS) is 24.0. The van der Waals surface area contributed by atoms with E-state index in [0.29, 0.717) is 6.04 Å². The van der Waals surface area contributed by atoms with E-state index in [-0.39, 0.29) is 0 Å². The van der Waals surface area contributed by atoms with E-state index < -0.39 is 0 Å². The van der Waals surface area contributed by atoms with Crippen LogP contribution < -0.4 is 4.90 Å². The molecule has 0 saturated carbocycles. The first kappa shape index (κ1) is 13.1. The van der Waals surface area contributed by atoms with Gasteiger partial charge in [0.15, 0.2) is 5.82 Å². The predicted molar refractivity (Wildman–Crippen MR) is 91.4 cm³/mol. The van der Waals surface area contributed by atoms with Gasteiger partial charge in [-0.05, 0) is 31.3 Å². The number of anilines is 1. The molecule has 0 amide bonds. The molecule has 2 aliphatic heterocycles. The highest BCUT2D eigenvalue weighted by atomic mass is 15.3. The molecular weight excluding hydrogens is 286 g/mol. The van der Waals surface area contributed by atoms with Crippen LogP contribution in [0.25, 0.3) is 22.2 Å². The lowest BCUT2D eigenvalue weighted by Crippen LogP contribution is -2.52. The number of nitrogens with one attached hydrogen (secondary N) is 1. The molecule has 116 valence electrons. The number of hydrogen-bond acceptors (Lipinski definition) is 4. The van der Waals surface area contributed by atoms with Gasteiger partial charge in [-0.1, -0.05) is 12.1 Å². The summed E-state index contributed by atoms with van der Waals surface area (Å²) in [4.78, 5) is 8.04. The van der Waals surface area contributed by atoms with Crippen molar-refractivity contribution in [2.45, 2.75) is 6.04 Å². The molecule has 5 heteroatoms. The zero-order valence-electron chi connectivity index (χ0n) is 13.1. The zero-order valence-corrected chi connectivity index (χ0v) is 13.1. The minimum absolute atomic E-state index is 0.699. The molecule has 2 atom stereocenters. The molecule has 1 N–H and O–H groups in total. The summed E-state index contributed by atoms with van der Waals surface area (Å²) in [5.74, 6) is 1.80. The number of aromatic amines is 1. The third-order valence-electron chi connectivity index (χ3n) is 5.34. The summed E-state index contributed by atoms with van der Waals surface area (Å²) in [5.41, 5.74) is 3.19. The molecule has 5 nitrogen and oxygen atoms in total. The van der Waals surface area contributed by atoms with Crippen molar-refractivity contribution >= 4 is 16.7 Å². The van der Waals surface area contributed by atoms with Crippen molar-refractivity contribution in [2.75, 3.05) is 31.6 Å². The van der Waals surface area contributed by atoms with E-state index in [4.69, 9.17) is 0 Å². The van der Waals surface area contributed by atoms with Gasteiger partial charge in [-0.25, -0.2) is 0 Å². The Morgan fingerprint density at radius 3 is 2.78 bits per heavy atom. The van der Waals surface area contributed by atoms with Gasteiger partial charge >= 0.3 is 0 Å². The van der Waals surface area contributed by atoms with Crippen LogP contribution in [0.2, 0.25) is 0 Å². The maximum atomic E-state index is 4.50. The number of benzene rings is 1. The lowest BCUT2D eigenvalue weighted by atomic mass is 9.93. The molecular formula is C18H19N5. The third-order valence-corrected chi connectivity index (χ3v) is 5.34. The van der Waals surface area contributed by atoms with Crippen LogP contribution in [0.1, 0.15) is 0 Å². The van der Waals surface area contributed by atoms with Crippen molar-refractivity contribution in [3.05, 3.63) is 42.6 Å². The van der Waals surface area contributed by atoms with Crippen LogP contribution in [0.5, 0.6) is 0 Å². The molecule has 23 heavy (non-hydrogen) atoms. The first-order chi connectivity index (χ1) is 11.3. The second kappa shape index (κ2) is 4.80. The Hall–Kier alpha value is -2.40. The fourth-order valence-electron chi connectivity index (χ4n) is 4.03. The summed E-state index contributed by atoms with van der Waals surface area (Å²) in [6.07, 6.45) is 1.96. The molecule has 2 fully saturated rings. The number of rotatable bonds is 2. The molecule has 4 heterocycles. The maximum Gasteiger partial charge on any atom is 0.151 e. The number of nitrogens with zero attached hydrogens (tertiary/aromatic N) is 4. The van der Waals surface area contributed by atoms with Gasteiger partial charge in [0.25, 0.3) is 0 Å². The number of likely N-dealkylation sites (N-methyl/N-ethyl adjacent to an activating group) is 1. The Kier molecular flexibility index (Phi) is 2.73. The van der Waals surface area contributed by atoms with E-state index in [9.17, 15) is 0 Å². The molecule has 2 unspecified atom stereocenters. The standard InChI is InChI=1S/C18H19N5/c1-22-9-12-10-23(11-17(12)22)18-6-5-16(20-21-18)13-3-2-4-15-14(13)7-8-19-15/h2-8,12,17,19H,9-11H2,1H3. The van der Waals surface area contributed by atoms with E-state index in [1.807, 2.05) is 6.20 Å². The van der Waals surface area contributed by atoms with Crippen LogP contribution in [0.3, 0.4) is 0 Å². The quantitative estimate of drug-likeness (QED) is 0.790. The van der Waals surface area contributed by atoms with E-state index in [1.165, 1.54) is 11.9 Å². The molecule has 2 aliphatic rings. The number of fused-ring (bicyclic) bond motifs is 2. The minimum Gasteiger partial charge on any atom is -0.361 e. The molecule has 2 aromatic heterocycles. The topological polar surface area (TPSA) is 48.0 Å². The summed E-state index contributed by atoms with van der Waals surface area (Å²) in [5, 5.41) is 10.2. The van der Waals surface area contributed by atoms with Crippen LogP contribution in [0.4, 0.5) is 5.82 Å². The van der Waals surface area contributed by atoms with Gasteiger partial charge in [-0.15, -0.1) is 10.2 Å². The van der Waals surface area contributed by atoms with Gasteiger partial charge in [-0.2, -0.15) is 0 Å². The van der Waals surface area contributed by atoms with Gasteiger partial charge in [0.2, 0.25) is 0 Å². The van der Waals surface area contributed by atoms with Crippen LogP contribution in [-0.4, -0.2) is 52.8 Å². The number of hydrogen-bond donors (Lipinski definition) is 1. The van der Waals surface area contributed by atoms with Gasteiger partial charge in [0.05, 0.1) is 5.69 Å². The SMILES string of the molecule is CN1CC2CN(c3ccc(-c4cccc5[nH]ccc45)nn3)CC21. The molecule has 0 radical (unpaired) electrons. The predicted octanol–water partition coefficient (Wildman–Crippen LogP) is 2.38. The monoisotopic (exact) mass is 305 g/mol. The molecule has 3 aromatic rings. The smallest absolute Gasteiger partial charge is 0.151 e. The lowest BCUT2D eigenvalue weighted by molar-refractivity contribution is 0.0827. The van der Waals surface area contributed by atoms with Gasteiger partial charge in [0.1, 0.15) is 0 Å². The van der Waals surface area contributed by atoms with Crippen molar-refractivity contribution < 1.29 is 0 Å². The minimum atomic E-state index is 0.699. The van der Waals surface area contributed by atoms with Crippen LogP contribution >= 0.6 is 0 Å². The second-order valence-corrected chi connectivity index (χ2v) is 6.69. The molecule has 0 spiro atoms. The molecule has 0 bridgehead atoms. The molecule has 2 saturated heterocycles. The van der Waals surface area contributed by atoms with Gasteiger partial charge in [0, 0.05) is 54.3 Å². The van der Waals surface area contributed by atoms with Gasteiger partial charge in [-0.3, -0.25) is 0 Å². The summed E-state index contributed by atoms with van der Waals surface area (Å²) in [6, 6.07) is 13.2. The lowest BCUT2D eigenvalue weighted by Gasteiger charge is -2.40. The zero-order chi connectivity index (χ0) is 15.4. The number of H-pyrrole nitrogens is 1.